The third-order valence-corrected chi connectivity index (χ3v) is 5.29. The molecule has 0 bridgehead atoms. The van der Waals surface area contributed by atoms with Crippen LogP contribution in [0.1, 0.15) is 13.3 Å². The molecule has 0 heterocycles. The minimum Gasteiger partial charge on any atom is -0.492 e. The number of hydrogen-bond donors (Lipinski definition) is 2. The van der Waals surface area contributed by atoms with Gasteiger partial charge in [0, 0.05) is 11.8 Å². The van der Waals surface area contributed by atoms with E-state index in [4.69, 9.17) is 10.5 Å². The van der Waals surface area contributed by atoms with E-state index in [1.165, 1.54) is 13.2 Å². The van der Waals surface area contributed by atoms with Gasteiger partial charge in [0.2, 0.25) is 10.0 Å². The van der Waals surface area contributed by atoms with Crippen LogP contribution in [0.3, 0.4) is 0 Å². The number of nitrogen functional groups attached to an aromatic ring is 1. The van der Waals surface area contributed by atoms with Crippen LogP contribution in [0.15, 0.2) is 17.0 Å². The molecule has 0 saturated heterocycles. The number of halogens is 1. The Kier molecular flexibility index (Phi) is 6.09. The Labute approximate surface area is 123 Å². The first-order chi connectivity index (χ1) is 9.31. The molecule has 0 saturated carbocycles. The molecule has 0 fully saturated rings. The number of nitrogens with two attached hydrogens (primary N) is 1. The summed E-state index contributed by atoms with van der Waals surface area (Å²) in [6, 6.07) is 2.08. The molecule has 0 radical (unpaired) electrons. The SMILES string of the molecule is COc1c(N)cc(S(=O)(=O)NCCC(C)SC)cc1F. The van der Waals surface area contributed by atoms with Crippen LogP contribution >= 0.6 is 11.8 Å². The van der Waals surface area contributed by atoms with Crippen molar-refractivity contribution in [2.24, 2.45) is 0 Å². The molecule has 0 amide bonds. The topological polar surface area (TPSA) is 81.4 Å². The fourth-order valence-electron chi connectivity index (χ4n) is 1.56. The van der Waals surface area contributed by atoms with Crippen molar-refractivity contribution in [2.45, 2.75) is 23.5 Å². The van der Waals surface area contributed by atoms with Gasteiger partial charge in [0.15, 0.2) is 11.6 Å². The Bertz CT molecular complexity index is 541. The summed E-state index contributed by atoms with van der Waals surface area (Å²) in [4.78, 5) is -0.204. The van der Waals surface area contributed by atoms with E-state index in [0.717, 1.165) is 6.07 Å². The van der Waals surface area contributed by atoms with E-state index >= 15 is 0 Å². The normalized spacial score (nSPS) is 13.2. The fraction of sp³-hybridized carbons (Fsp3) is 0.500. The molecule has 0 aliphatic heterocycles. The minimum absolute atomic E-state index is 0.0506. The van der Waals surface area contributed by atoms with Crippen molar-refractivity contribution in [2.75, 3.05) is 25.6 Å². The first-order valence-corrected chi connectivity index (χ1v) is 8.74. The quantitative estimate of drug-likeness (QED) is 0.749. The molecule has 0 spiro atoms. The Hall–Kier alpha value is -0.990. The highest BCUT2D eigenvalue weighted by Gasteiger charge is 2.19. The van der Waals surface area contributed by atoms with Crippen molar-refractivity contribution < 1.29 is 17.5 Å². The minimum atomic E-state index is -3.77. The molecule has 5 nitrogen and oxygen atoms in total. The zero-order valence-electron chi connectivity index (χ0n) is 11.6. The lowest BCUT2D eigenvalue weighted by Crippen LogP contribution is -2.26. The maximum absolute atomic E-state index is 13.6. The van der Waals surface area contributed by atoms with Crippen LogP contribution in [0, 0.1) is 5.82 Å². The standard InChI is InChI=1S/C12H19FN2O3S2/c1-8(19-3)4-5-15-20(16,17)9-6-10(13)12(18-2)11(14)7-9/h6-8,15H,4-5,14H2,1-3H3. The molecular formula is C12H19FN2O3S2. The van der Waals surface area contributed by atoms with Crippen molar-refractivity contribution in [3.63, 3.8) is 0 Å². The lowest BCUT2D eigenvalue weighted by molar-refractivity contribution is 0.388. The average molecular weight is 322 g/mol. The molecule has 20 heavy (non-hydrogen) atoms. The van der Waals surface area contributed by atoms with Gasteiger partial charge in [0.05, 0.1) is 17.7 Å². The Balaban J connectivity index is 2.88. The van der Waals surface area contributed by atoms with Crippen molar-refractivity contribution in [3.8, 4) is 5.75 Å². The third kappa shape index (κ3) is 4.26. The number of methoxy groups -OCH3 is 1. The van der Waals surface area contributed by atoms with E-state index in [0.29, 0.717) is 11.7 Å². The van der Waals surface area contributed by atoms with Gasteiger partial charge in [-0.15, -0.1) is 0 Å². The summed E-state index contributed by atoms with van der Waals surface area (Å²) in [5.74, 6) is -0.953. The van der Waals surface area contributed by atoms with E-state index in [2.05, 4.69) is 4.72 Å². The number of thioether (sulfide) groups is 1. The van der Waals surface area contributed by atoms with Crippen LogP contribution in [0.5, 0.6) is 5.75 Å². The molecular weight excluding hydrogens is 303 g/mol. The van der Waals surface area contributed by atoms with Crippen LogP contribution in [0.4, 0.5) is 10.1 Å². The van der Waals surface area contributed by atoms with Crippen LogP contribution in [-0.2, 0) is 10.0 Å². The van der Waals surface area contributed by atoms with Gasteiger partial charge in [-0.1, -0.05) is 6.92 Å². The number of benzene rings is 1. The number of sulfonamides is 1. The van der Waals surface area contributed by atoms with Gasteiger partial charge >= 0.3 is 0 Å². The van der Waals surface area contributed by atoms with E-state index in [9.17, 15) is 12.8 Å². The number of anilines is 1. The second kappa shape index (κ2) is 7.14. The van der Waals surface area contributed by atoms with Crippen molar-refractivity contribution in [3.05, 3.63) is 17.9 Å². The molecule has 1 aromatic carbocycles. The van der Waals surface area contributed by atoms with Crippen molar-refractivity contribution >= 4 is 27.5 Å². The van der Waals surface area contributed by atoms with Gasteiger partial charge in [0.25, 0.3) is 0 Å². The molecule has 0 aliphatic rings. The zero-order chi connectivity index (χ0) is 15.3. The second-order valence-electron chi connectivity index (χ2n) is 4.26. The number of ether oxygens (including phenoxy) is 1. The molecule has 0 aromatic heterocycles. The summed E-state index contributed by atoms with van der Waals surface area (Å²) in [6.07, 6.45) is 2.65. The smallest absolute Gasteiger partial charge is 0.240 e. The van der Waals surface area contributed by atoms with E-state index in [-0.39, 0.29) is 22.9 Å². The highest BCUT2D eigenvalue weighted by Crippen LogP contribution is 2.28. The third-order valence-electron chi connectivity index (χ3n) is 2.81. The molecule has 1 unspecified atom stereocenters. The summed E-state index contributed by atoms with van der Waals surface area (Å²) in [5, 5.41) is 0.343. The Morgan fingerprint density at radius 2 is 2.15 bits per heavy atom. The van der Waals surface area contributed by atoms with Crippen LogP contribution < -0.4 is 15.2 Å². The van der Waals surface area contributed by atoms with Crippen LogP contribution in [0.2, 0.25) is 0 Å². The maximum atomic E-state index is 13.6. The highest BCUT2D eigenvalue weighted by atomic mass is 32.2. The monoisotopic (exact) mass is 322 g/mol. The molecule has 1 atom stereocenters. The van der Waals surface area contributed by atoms with E-state index < -0.39 is 15.8 Å². The molecule has 1 rings (SSSR count). The lowest BCUT2D eigenvalue weighted by atomic mass is 10.3. The Morgan fingerprint density at radius 3 is 2.65 bits per heavy atom. The molecule has 114 valence electrons. The summed E-state index contributed by atoms with van der Waals surface area (Å²) < 4.78 is 44.9. The number of nitrogens with one attached hydrogen (secondary N) is 1. The molecule has 1 aromatic rings. The predicted octanol–water partition coefficient (Wildman–Crippen LogP) is 1.84. The van der Waals surface area contributed by atoms with Gasteiger partial charge in [-0.05, 0) is 24.8 Å². The number of rotatable bonds is 7. The molecule has 8 heteroatoms. The summed E-state index contributed by atoms with van der Waals surface area (Å²) >= 11 is 1.65. The van der Waals surface area contributed by atoms with Crippen molar-refractivity contribution in [1.29, 1.82) is 0 Å². The summed E-state index contributed by atoms with van der Waals surface area (Å²) in [5.41, 5.74) is 5.52. The Morgan fingerprint density at radius 1 is 1.50 bits per heavy atom. The summed E-state index contributed by atoms with van der Waals surface area (Å²) in [7, 11) is -2.50. The second-order valence-corrected chi connectivity index (χ2v) is 7.30. The lowest BCUT2D eigenvalue weighted by Gasteiger charge is -2.12. The summed E-state index contributed by atoms with van der Waals surface area (Å²) in [6.45, 7) is 2.29. The fourth-order valence-corrected chi connectivity index (χ4v) is 3.00. The van der Waals surface area contributed by atoms with Gasteiger partial charge < -0.3 is 10.5 Å². The first kappa shape index (κ1) is 17.1. The van der Waals surface area contributed by atoms with Gasteiger partial charge in [0.1, 0.15) is 0 Å². The van der Waals surface area contributed by atoms with E-state index in [1.54, 1.807) is 11.8 Å². The van der Waals surface area contributed by atoms with Gasteiger partial charge in [-0.3, -0.25) is 0 Å². The maximum Gasteiger partial charge on any atom is 0.240 e. The predicted molar refractivity (Wildman–Crippen MR) is 80.1 cm³/mol. The average Bonchev–Trinajstić information content (AvgIpc) is 2.37. The molecule has 3 N–H and O–H groups in total. The van der Waals surface area contributed by atoms with Crippen molar-refractivity contribution in [1.82, 2.24) is 4.72 Å². The van der Waals surface area contributed by atoms with Gasteiger partial charge in [-0.25, -0.2) is 17.5 Å². The van der Waals surface area contributed by atoms with Crippen LogP contribution in [-0.4, -0.2) is 33.6 Å². The van der Waals surface area contributed by atoms with Crippen LogP contribution in [0.25, 0.3) is 0 Å². The molecule has 0 aliphatic carbocycles. The largest absolute Gasteiger partial charge is 0.492 e. The number of hydrogen-bond acceptors (Lipinski definition) is 5. The van der Waals surface area contributed by atoms with E-state index in [1.807, 2.05) is 13.2 Å². The zero-order valence-corrected chi connectivity index (χ0v) is 13.3. The van der Waals surface area contributed by atoms with Gasteiger partial charge in [-0.2, -0.15) is 11.8 Å². The first-order valence-electron chi connectivity index (χ1n) is 5.97. The highest BCUT2D eigenvalue weighted by molar-refractivity contribution is 7.99.